The van der Waals surface area contributed by atoms with Gasteiger partial charge in [0, 0.05) is 45.3 Å². The maximum absolute atomic E-state index is 14.1. The molecule has 5 rings (SSSR count). The maximum Gasteiger partial charge on any atom is 0.257 e. The van der Waals surface area contributed by atoms with Gasteiger partial charge in [0.05, 0.1) is 16.9 Å². The summed E-state index contributed by atoms with van der Waals surface area (Å²) in [4.78, 5) is 34.0. The van der Waals surface area contributed by atoms with Crippen LogP contribution in [0.4, 0.5) is 15.8 Å². The summed E-state index contributed by atoms with van der Waals surface area (Å²) in [5.74, 6) is -0.209. The first-order chi connectivity index (χ1) is 15.0. The molecule has 2 saturated heterocycles. The summed E-state index contributed by atoms with van der Waals surface area (Å²) >= 11 is 0. The third-order valence-corrected chi connectivity index (χ3v) is 6.79. The lowest BCUT2D eigenvalue weighted by atomic mass is 9.97. The molecule has 7 heteroatoms. The van der Waals surface area contributed by atoms with E-state index < -0.39 is 0 Å². The van der Waals surface area contributed by atoms with Crippen molar-refractivity contribution in [3.8, 4) is 0 Å². The molecule has 6 nitrogen and oxygen atoms in total. The number of anilines is 2. The molecule has 0 unspecified atom stereocenters. The second-order valence-corrected chi connectivity index (χ2v) is 8.55. The van der Waals surface area contributed by atoms with Crippen LogP contribution in [0.15, 0.2) is 42.5 Å². The van der Waals surface area contributed by atoms with Crippen molar-refractivity contribution in [2.45, 2.75) is 25.4 Å². The first kappa shape index (κ1) is 19.8. The monoisotopic (exact) mass is 422 g/mol. The average molecular weight is 423 g/mol. The van der Waals surface area contributed by atoms with Crippen molar-refractivity contribution >= 4 is 23.2 Å². The van der Waals surface area contributed by atoms with Gasteiger partial charge in [-0.25, -0.2) is 4.39 Å². The minimum absolute atomic E-state index is 0.0390. The summed E-state index contributed by atoms with van der Waals surface area (Å²) in [6, 6.07) is 12.2. The summed E-state index contributed by atoms with van der Waals surface area (Å²) in [5, 5.41) is 0. The fourth-order valence-corrected chi connectivity index (χ4v) is 5.05. The molecular weight excluding hydrogens is 395 g/mol. The number of carbonyl (C=O) groups excluding carboxylic acids is 2. The highest BCUT2D eigenvalue weighted by Gasteiger charge is 2.37. The van der Waals surface area contributed by atoms with Gasteiger partial charge in [-0.2, -0.15) is 0 Å². The molecule has 0 bridgehead atoms. The van der Waals surface area contributed by atoms with E-state index in [9.17, 15) is 14.0 Å². The molecule has 3 aliphatic rings. The summed E-state index contributed by atoms with van der Waals surface area (Å²) < 4.78 is 14.1. The van der Waals surface area contributed by atoms with Gasteiger partial charge in [0.2, 0.25) is 0 Å². The molecule has 3 heterocycles. The van der Waals surface area contributed by atoms with E-state index in [1.807, 2.05) is 33.9 Å². The Bertz CT molecular complexity index is 1020. The molecule has 3 aliphatic heterocycles. The standard InChI is InChI=1S/C24H27FN4O2/c1-26-21-16-17(9-10-18(21)24(31)29-11-5-4-8-22(26)29)23(30)28-14-12-27(13-15-28)20-7-3-2-6-19(20)25/h2-3,6-7,9-10,16,22H,4-5,8,11-15H2,1H3/t22-/m1/s1. The predicted octanol–water partition coefficient (Wildman–Crippen LogP) is 3.19. The van der Waals surface area contributed by atoms with Crippen LogP contribution in [0.2, 0.25) is 0 Å². The first-order valence-electron chi connectivity index (χ1n) is 11.0. The van der Waals surface area contributed by atoms with Gasteiger partial charge in [0.1, 0.15) is 12.0 Å². The number of rotatable bonds is 2. The van der Waals surface area contributed by atoms with Gasteiger partial charge in [0.25, 0.3) is 11.8 Å². The fraction of sp³-hybridized carbons (Fsp3) is 0.417. The Morgan fingerprint density at radius 2 is 1.74 bits per heavy atom. The van der Waals surface area contributed by atoms with Crippen molar-refractivity contribution in [2.75, 3.05) is 49.6 Å². The van der Waals surface area contributed by atoms with Gasteiger partial charge >= 0.3 is 0 Å². The minimum atomic E-state index is -0.235. The van der Waals surface area contributed by atoms with Crippen LogP contribution in [0.1, 0.15) is 40.0 Å². The Morgan fingerprint density at radius 1 is 0.968 bits per heavy atom. The molecule has 0 aliphatic carbocycles. The Kier molecular flexibility index (Phi) is 5.04. The van der Waals surface area contributed by atoms with E-state index in [2.05, 4.69) is 4.90 Å². The number of piperidine rings is 1. The quantitative estimate of drug-likeness (QED) is 0.746. The molecule has 162 valence electrons. The highest BCUT2D eigenvalue weighted by molar-refractivity contribution is 6.04. The van der Waals surface area contributed by atoms with Crippen molar-refractivity contribution in [3.05, 3.63) is 59.4 Å². The van der Waals surface area contributed by atoms with Gasteiger partial charge in [-0.05, 0) is 49.6 Å². The van der Waals surface area contributed by atoms with Crippen molar-refractivity contribution < 1.29 is 14.0 Å². The highest BCUT2D eigenvalue weighted by atomic mass is 19.1. The number of amides is 2. The number of halogens is 1. The number of piperazine rings is 1. The molecule has 0 radical (unpaired) electrons. The van der Waals surface area contributed by atoms with E-state index >= 15 is 0 Å². The summed E-state index contributed by atoms with van der Waals surface area (Å²) in [7, 11) is 2.01. The predicted molar refractivity (Wildman–Crippen MR) is 118 cm³/mol. The third-order valence-electron chi connectivity index (χ3n) is 6.79. The Morgan fingerprint density at radius 3 is 2.52 bits per heavy atom. The van der Waals surface area contributed by atoms with E-state index in [1.165, 1.54) is 6.07 Å². The van der Waals surface area contributed by atoms with Gasteiger partial charge in [0.15, 0.2) is 0 Å². The van der Waals surface area contributed by atoms with Gasteiger partial charge in [-0.1, -0.05) is 12.1 Å². The summed E-state index contributed by atoms with van der Waals surface area (Å²) in [5.41, 5.74) is 2.69. The molecule has 2 fully saturated rings. The zero-order chi connectivity index (χ0) is 21.5. The minimum Gasteiger partial charge on any atom is -0.366 e. The number of hydrogen-bond donors (Lipinski definition) is 0. The Labute approximate surface area is 181 Å². The summed E-state index contributed by atoms with van der Waals surface area (Å²) in [6.45, 7) is 3.05. The second-order valence-electron chi connectivity index (χ2n) is 8.55. The molecule has 0 saturated carbocycles. The van der Waals surface area contributed by atoms with Crippen LogP contribution in [-0.2, 0) is 0 Å². The van der Waals surface area contributed by atoms with Crippen LogP contribution in [0.25, 0.3) is 0 Å². The number of nitrogens with zero attached hydrogens (tertiary/aromatic N) is 4. The number of benzene rings is 2. The topological polar surface area (TPSA) is 47.1 Å². The number of carbonyl (C=O) groups is 2. The van der Waals surface area contributed by atoms with Crippen LogP contribution in [0, 0.1) is 5.82 Å². The van der Waals surface area contributed by atoms with E-state index in [4.69, 9.17) is 0 Å². The SMILES string of the molecule is CN1c2cc(C(=O)N3CCN(c4ccccc4F)CC3)ccc2C(=O)N2CCCC[C@@H]21. The number of para-hydroxylation sites is 1. The van der Waals surface area contributed by atoms with Crippen molar-refractivity contribution in [2.24, 2.45) is 0 Å². The van der Waals surface area contributed by atoms with E-state index in [1.54, 1.807) is 24.3 Å². The molecule has 1 atom stereocenters. The zero-order valence-electron chi connectivity index (χ0n) is 17.8. The molecule has 31 heavy (non-hydrogen) atoms. The van der Waals surface area contributed by atoms with E-state index in [-0.39, 0.29) is 23.8 Å². The summed E-state index contributed by atoms with van der Waals surface area (Å²) in [6.07, 6.45) is 3.18. The lowest BCUT2D eigenvalue weighted by Gasteiger charge is -2.46. The second kappa shape index (κ2) is 7.87. The molecule has 0 spiro atoms. The normalized spacial score (nSPS) is 21.1. The molecule has 2 aromatic carbocycles. The van der Waals surface area contributed by atoms with Gasteiger partial charge < -0.3 is 19.6 Å². The van der Waals surface area contributed by atoms with Crippen LogP contribution < -0.4 is 9.80 Å². The third kappa shape index (κ3) is 3.42. The van der Waals surface area contributed by atoms with Crippen molar-refractivity contribution in [1.82, 2.24) is 9.80 Å². The zero-order valence-corrected chi connectivity index (χ0v) is 17.8. The van der Waals surface area contributed by atoms with Crippen LogP contribution >= 0.6 is 0 Å². The molecular formula is C24H27FN4O2. The van der Waals surface area contributed by atoms with E-state index in [0.717, 1.165) is 31.5 Å². The van der Waals surface area contributed by atoms with Gasteiger partial charge in [-0.3, -0.25) is 9.59 Å². The number of hydrogen-bond acceptors (Lipinski definition) is 4. The molecule has 0 N–H and O–H groups in total. The van der Waals surface area contributed by atoms with Crippen LogP contribution in [0.5, 0.6) is 0 Å². The lowest BCUT2D eigenvalue weighted by Crippen LogP contribution is -2.56. The van der Waals surface area contributed by atoms with Crippen LogP contribution in [-0.4, -0.2) is 67.6 Å². The first-order valence-corrected chi connectivity index (χ1v) is 11.0. The maximum atomic E-state index is 14.1. The highest BCUT2D eigenvalue weighted by Crippen LogP contribution is 2.35. The molecule has 0 aromatic heterocycles. The molecule has 2 amide bonds. The van der Waals surface area contributed by atoms with Crippen LogP contribution in [0.3, 0.4) is 0 Å². The fourth-order valence-electron chi connectivity index (χ4n) is 5.05. The van der Waals surface area contributed by atoms with Crippen molar-refractivity contribution in [1.29, 1.82) is 0 Å². The Hall–Kier alpha value is -3.09. The largest absolute Gasteiger partial charge is 0.366 e. The smallest absolute Gasteiger partial charge is 0.257 e. The number of fused-ring (bicyclic) bond motifs is 2. The van der Waals surface area contributed by atoms with Gasteiger partial charge in [-0.15, -0.1) is 0 Å². The average Bonchev–Trinajstić information content (AvgIpc) is 2.82. The Balaban J connectivity index is 1.33. The lowest BCUT2D eigenvalue weighted by molar-refractivity contribution is 0.0588. The molecule has 2 aromatic rings. The van der Waals surface area contributed by atoms with Crippen molar-refractivity contribution in [3.63, 3.8) is 0 Å². The van der Waals surface area contributed by atoms with E-state index in [0.29, 0.717) is 43.0 Å².